The first-order valence-corrected chi connectivity index (χ1v) is 9.86. The highest BCUT2D eigenvalue weighted by Gasteiger charge is 2.18. The minimum Gasteiger partial charge on any atom is -0.355 e. The van der Waals surface area contributed by atoms with Crippen molar-refractivity contribution in [1.82, 2.24) is 10.6 Å². The molecule has 0 saturated heterocycles. The molecule has 1 heterocycles. The Balaban J connectivity index is 0.00000312. The maximum Gasteiger partial charge on any atom is 0.191 e. The topological polar surface area (TPSA) is 70.6 Å². The van der Waals surface area contributed by atoms with Crippen LogP contribution in [0.2, 0.25) is 0 Å². The van der Waals surface area contributed by atoms with Gasteiger partial charge in [-0.25, -0.2) is 12.8 Å². The van der Waals surface area contributed by atoms with Crippen LogP contribution < -0.4 is 10.6 Å². The number of halogens is 2. The minimum atomic E-state index is -3.68. The Hall–Kier alpha value is -1.20. The third-order valence-corrected chi connectivity index (χ3v) is 6.03. The molecular weight excluding hydrogens is 476 g/mol. The van der Waals surface area contributed by atoms with E-state index in [4.69, 9.17) is 0 Å². The van der Waals surface area contributed by atoms with Gasteiger partial charge in [0.25, 0.3) is 0 Å². The van der Waals surface area contributed by atoms with E-state index in [0.717, 1.165) is 10.9 Å². The Morgan fingerprint density at radius 1 is 1.20 bits per heavy atom. The molecule has 1 aromatic heterocycles. The molecule has 1 aromatic carbocycles. The number of hydrogen-bond donors (Lipinski definition) is 2. The number of rotatable bonds is 6. The molecule has 0 aliphatic carbocycles. The summed E-state index contributed by atoms with van der Waals surface area (Å²) in [6, 6.07) is 9.46. The molecule has 0 saturated carbocycles. The standard InChI is InChI=1S/C16H20FN3O2S2.HI/c1-12-7-8-13(23-12)11-20-16(18-2)19-9-10-24(21,22)15-6-4-3-5-14(15)17;/h3-8H,9-11H2,1-2H3,(H2,18,19,20);1H. The predicted octanol–water partition coefficient (Wildman–Crippen LogP) is 2.95. The van der Waals surface area contributed by atoms with Crippen LogP contribution in [-0.2, 0) is 16.4 Å². The van der Waals surface area contributed by atoms with Crippen LogP contribution in [0.15, 0.2) is 46.3 Å². The number of nitrogens with one attached hydrogen (secondary N) is 2. The molecule has 2 rings (SSSR count). The highest BCUT2D eigenvalue weighted by Crippen LogP contribution is 2.15. The Labute approximate surface area is 168 Å². The fraction of sp³-hybridized carbons (Fsp3) is 0.312. The van der Waals surface area contributed by atoms with Crippen LogP contribution in [0.25, 0.3) is 0 Å². The molecule has 25 heavy (non-hydrogen) atoms. The van der Waals surface area contributed by atoms with Gasteiger partial charge < -0.3 is 10.6 Å². The molecule has 0 unspecified atom stereocenters. The predicted molar refractivity (Wildman–Crippen MR) is 111 cm³/mol. The lowest BCUT2D eigenvalue weighted by atomic mass is 10.3. The van der Waals surface area contributed by atoms with Crippen molar-refractivity contribution in [2.75, 3.05) is 19.3 Å². The van der Waals surface area contributed by atoms with Crippen molar-refractivity contribution in [1.29, 1.82) is 0 Å². The van der Waals surface area contributed by atoms with Crippen molar-refractivity contribution >= 4 is 51.1 Å². The second kappa shape index (κ2) is 10.1. The van der Waals surface area contributed by atoms with Crippen LogP contribution >= 0.6 is 35.3 Å². The lowest BCUT2D eigenvalue weighted by Crippen LogP contribution is -2.39. The number of aliphatic imine (C=N–C) groups is 1. The summed E-state index contributed by atoms with van der Waals surface area (Å²) < 4.78 is 37.9. The van der Waals surface area contributed by atoms with Gasteiger partial charge in [0.1, 0.15) is 10.7 Å². The second-order valence-corrected chi connectivity index (χ2v) is 8.56. The fourth-order valence-electron chi connectivity index (χ4n) is 2.08. The lowest BCUT2D eigenvalue weighted by molar-refractivity contribution is 0.566. The van der Waals surface area contributed by atoms with E-state index in [0.29, 0.717) is 12.5 Å². The van der Waals surface area contributed by atoms with Crippen LogP contribution in [-0.4, -0.2) is 33.7 Å². The van der Waals surface area contributed by atoms with Crippen molar-refractivity contribution in [2.45, 2.75) is 18.4 Å². The zero-order chi connectivity index (χ0) is 17.6. The van der Waals surface area contributed by atoms with E-state index < -0.39 is 15.7 Å². The second-order valence-electron chi connectivity index (χ2n) is 5.11. The van der Waals surface area contributed by atoms with Crippen molar-refractivity contribution < 1.29 is 12.8 Å². The Morgan fingerprint density at radius 2 is 1.92 bits per heavy atom. The highest BCUT2D eigenvalue weighted by molar-refractivity contribution is 14.0. The van der Waals surface area contributed by atoms with E-state index in [9.17, 15) is 12.8 Å². The molecule has 0 amide bonds. The fourth-order valence-corrected chi connectivity index (χ4v) is 4.15. The molecule has 0 spiro atoms. The molecule has 0 bridgehead atoms. The monoisotopic (exact) mass is 497 g/mol. The summed E-state index contributed by atoms with van der Waals surface area (Å²) in [5, 5.41) is 6.05. The lowest BCUT2D eigenvalue weighted by Gasteiger charge is -2.11. The van der Waals surface area contributed by atoms with Crippen molar-refractivity contribution in [3.63, 3.8) is 0 Å². The van der Waals surface area contributed by atoms with Gasteiger partial charge >= 0.3 is 0 Å². The van der Waals surface area contributed by atoms with Gasteiger partial charge in [0, 0.05) is 23.3 Å². The highest BCUT2D eigenvalue weighted by atomic mass is 127. The zero-order valence-electron chi connectivity index (χ0n) is 14.0. The molecule has 0 radical (unpaired) electrons. The maximum atomic E-state index is 13.6. The summed E-state index contributed by atoms with van der Waals surface area (Å²) in [5.41, 5.74) is 0. The van der Waals surface area contributed by atoms with Gasteiger partial charge in [0.2, 0.25) is 0 Å². The minimum absolute atomic E-state index is 0. The van der Waals surface area contributed by atoms with Gasteiger partial charge in [0.15, 0.2) is 15.8 Å². The Morgan fingerprint density at radius 3 is 2.52 bits per heavy atom. The Bertz CT molecular complexity index is 822. The van der Waals surface area contributed by atoms with E-state index in [1.807, 2.05) is 19.1 Å². The van der Waals surface area contributed by atoms with Crippen LogP contribution in [0.5, 0.6) is 0 Å². The zero-order valence-corrected chi connectivity index (χ0v) is 17.9. The molecular formula is C16H21FIN3O2S2. The van der Waals surface area contributed by atoms with E-state index in [1.54, 1.807) is 18.4 Å². The number of nitrogens with zero attached hydrogens (tertiary/aromatic N) is 1. The van der Waals surface area contributed by atoms with Gasteiger partial charge in [-0.15, -0.1) is 35.3 Å². The van der Waals surface area contributed by atoms with Gasteiger partial charge in [0.05, 0.1) is 12.3 Å². The molecule has 138 valence electrons. The molecule has 9 heteroatoms. The third-order valence-electron chi connectivity index (χ3n) is 3.28. The summed E-state index contributed by atoms with van der Waals surface area (Å²) in [7, 11) is -2.07. The largest absolute Gasteiger partial charge is 0.355 e. The molecule has 0 aliphatic rings. The Kier molecular flexibility index (Phi) is 8.80. The summed E-state index contributed by atoms with van der Waals surface area (Å²) >= 11 is 1.68. The van der Waals surface area contributed by atoms with Crippen molar-refractivity contribution in [3.8, 4) is 0 Å². The van der Waals surface area contributed by atoms with Crippen LogP contribution in [0.1, 0.15) is 9.75 Å². The normalized spacial score (nSPS) is 11.7. The SMILES string of the molecule is CN=C(NCCS(=O)(=O)c1ccccc1F)NCc1ccc(C)s1.I. The number of aryl methyl sites for hydroxylation is 1. The van der Waals surface area contributed by atoms with Crippen LogP contribution in [0.3, 0.4) is 0 Å². The van der Waals surface area contributed by atoms with E-state index in [2.05, 4.69) is 15.6 Å². The van der Waals surface area contributed by atoms with Crippen LogP contribution in [0.4, 0.5) is 4.39 Å². The number of hydrogen-bond acceptors (Lipinski definition) is 4. The van der Waals surface area contributed by atoms with Gasteiger partial charge in [-0.2, -0.15) is 0 Å². The van der Waals surface area contributed by atoms with Gasteiger partial charge in [-0.05, 0) is 31.2 Å². The van der Waals surface area contributed by atoms with Crippen LogP contribution in [0, 0.1) is 12.7 Å². The quantitative estimate of drug-likeness (QED) is 0.366. The summed E-state index contributed by atoms with van der Waals surface area (Å²) in [5.74, 6) is -0.440. The molecule has 2 aromatic rings. The average molecular weight is 497 g/mol. The number of guanidine groups is 1. The summed E-state index contributed by atoms with van der Waals surface area (Å²) in [4.78, 5) is 6.16. The molecule has 0 aliphatic heterocycles. The van der Waals surface area contributed by atoms with Crippen molar-refractivity contribution in [3.05, 3.63) is 52.0 Å². The molecule has 0 atom stereocenters. The average Bonchev–Trinajstić information content (AvgIpc) is 2.96. The first kappa shape index (κ1) is 21.8. The first-order valence-electron chi connectivity index (χ1n) is 7.39. The van der Waals surface area contributed by atoms with E-state index >= 15 is 0 Å². The van der Waals surface area contributed by atoms with Gasteiger partial charge in [-0.1, -0.05) is 12.1 Å². The van der Waals surface area contributed by atoms with Gasteiger partial charge in [-0.3, -0.25) is 4.99 Å². The smallest absolute Gasteiger partial charge is 0.191 e. The molecule has 2 N–H and O–H groups in total. The van der Waals surface area contributed by atoms with E-state index in [1.165, 1.54) is 23.1 Å². The van der Waals surface area contributed by atoms with Crippen molar-refractivity contribution in [2.24, 2.45) is 4.99 Å². The summed E-state index contributed by atoms with van der Waals surface area (Å²) in [6.45, 7) is 2.78. The molecule has 0 fully saturated rings. The number of benzene rings is 1. The number of sulfone groups is 1. The maximum absolute atomic E-state index is 13.6. The summed E-state index contributed by atoms with van der Waals surface area (Å²) in [6.07, 6.45) is 0. The number of thiophene rings is 1. The first-order chi connectivity index (χ1) is 11.4. The third kappa shape index (κ3) is 6.55. The van der Waals surface area contributed by atoms with E-state index in [-0.39, 0.29) is 41.2 Å². The molecule has 5 nitrogen and oxygen atoms in total.